The molecule has 0 unspecified atom stereocenters. The van der Waals surface area contributed by atoms with E-state index in [1.807, 2.05) is 26.0 Å². The molecule has 1 aromatic carbocycles. The molecule has 0 saturated heterocycles. The summed E-state index contributed by atoms with van der Waals surface area (Å²) in [5.41, 5.74) is 3.03. The van der Waals surface area contributed by atoms with E-state index in [1.165, 1.54) is 9.36 Å². The zero-order valence-electron chi connectivity index (χ0n) is 13.5. The second-order valence-electron chi connectivity index (χ2n) is 5.46. The topological polar surface area (TPSA) is 74.8 Å². The monoisotopic (exact) mass is 345 g/mol. The number of aromatic nitrogens is 5. The minimum Gasteiger partial charge on any atom is -0.472 e. The van der Waals surface area contributed by atoms with Crippen LogP contribution in [0.5, 0.6) is 5.88 Å². The number of halogens is 1. The lowest BCUT2D eigenvalue weighted by atomic mass is 10.1. The summed E-state index contributed by atoms with van der Waals surface area (Å²) in [7, 11) is 1.55. The number of benzene rings is 1. The van der Waals surface area contributed by atoms with Crippen LogP contribution in [0.25, 0.3) is 5.69 Å². The zero-order valence-corrected chi connectivity index (χ0v) is 14.3. The molecule has 0 aliphatic heterocycles. The van der Waals surface area contributed by atoms with E-state index < -0.39 is 0 Å². The van der Waals surface area contributed by atoms with Crippen molar-refractivity contribution in [3.05, 3.63) is 62.7 Å². The molecule has 7 nitrogen and oxygen atoms in total. The average molecular weight is 346 g/mol. The van der Waals surface area contributed by atoms with Gasteiger partial charge in [0, 0.05) is 18.8 Å². The zero-order chi connectivity index (χ0) is 17.3. The van der Waals surface area contributed by atoms with Crippen LogP contribution in [0.2, 0.25) is 5.02 Å². The Balaban J connectivity index is 1.96. The van der Waals surface area contributed by atoms with Crippen molar-refractivity contribution in [1.29, 1.82) is 0 Å². The maximum atomic E-state index is 12.1. The first kappa shape index (κ1) is 16.2. The van der Waals surface area contributed by atoms with Gasteiger partial charge >= 0.3 is 5.69 Å². The maximum Gasteiger partial charge on any atom is 0.368 e. The molecule has 0 atom stereocenters. The van der Waals surface area contributed by atoms with Crippen LogP contribution in [0.3, 0.4) is 0 Å². The van der Waals surface area contributed by atoms with Crippen LogP contribution in [0.15, 0.2) is 35.3 Å². The Morgan fingerprint density at radius 3 is 2.71 bits per heavy atom. The van der Waals surface area contributed by atoms with Crippen LogP contribution in [-0.4, -0.2) is 24.8 Å². The Morgan fingerprint density at radius 2 is 2.04 bits per heavy atom. The number of pyridine rings is 1. The van der Waals surface area contributed by atoms with E-state index in [0.717, 1.165) is 16.7 Å². The van der Waals surface area contributed by atoms with Crippen LogP contribution in [-0.2, 0) is 13.7 Å². The number of rotatable bonds is 4. The van der Waals surface area contributed by atoms with Gasteiger partial charge in [0.15, 0.2) is 0 Å². The van der Waals surface area contributed by atoms with Crippen LogP contribution in [0.1, 0.15) is 16.7 Å². The van der Waals surface area contributed by atoms with Gasteiger partial charge in [0.05, 0.1) is 5.69 Å². The summed E-state index contributed by atoms with van der Waals surface area (Å²) in [6, 6.07) is 7.38. The molecule has 124 valence electrons. The van der Waals surface area contributed by atoms with Crippen molar-refractivity contribution in [2.75, 3.05) is 0 Å². The molecule has 0 fully saturated rings. The van der Waals surface area contributed by atoms with Gasteiger partial charge in [0.2, 0.25) is 5.88 Å². The minimum atomic E-state index is -0.326. The smallest absolute Gasteiger partial charge is 0.368 e. The molecule has 0 N–H and O–H groups in total. The molecule has 0 spiro atoms. The van der Waals surface area contributed by atoms with Gasteiger partial charge in [0.25, 0.3) is 0 Å². The lowest BCUT2D eigenvalue weighted by Gasteiger charge is -2.13. The standard InChI is InChI=1S/C16H16ClN5O2/c1-10-7-13(17)15(18-8-10)24-9-12-11(2)5-4-6-14(12)22-16(23)21(3)19-20-22/h4-8H,9H2,1-3H3. The SMILES string of the molecule is Cc1cnc(OCc2c(C)cccc2-n2nnn(C)c2=O)c(Cl)c1. The third kappa shape index (κ3) is 3.03. The van der Waals surface area contributed by atoms with Crippen molar-refractivity contribution < 1.29 is 4.74 Å². The lowest BCUT2D eigenvalue weighted by molar-refractivity contribution is 0.292. The van der Waals surface area contributed by atoms with E-state index in [4.69, 9.17) is 16.3 Å². The van der Waals surface area contributed by atoms with E-state index in [9.17, 15) is 4.79 Å². The summed E-state index contributed by atoms with van der Waals surface area (Å²) in [5.74, 6) is 0.350. The van der Waals surface area contributed by atoms with Crippen LogP contribution < -0.4 is 10.4 Å². The van der Waals surface area contributed by atoms with Crippen molar-refractivity contribution >= 4 is 11.6 Å². The van der Waals surface area contributed by atoms with Crippen molar-refractivity contribution in [1.82, 2.24) is 24.8 Å². The highest BCUT2D eigenvalue weighted by molar-refractivity contribution is 6.31. The summed E-state index contributed by atoms with van der Waals surface area (Å²) in [6.45, 7) is 4.05. The largest absolute Gasteiger partial charge is 0.472 e. The Hall–Kier alpha value is -2.67. The van der Waals surface area contributed by atoms with Gasteiger partial charge in [-0.25, -0.2) is 9.78 Å². The number of ether oxygens (including phenoxy) is 1. The molecular weight excluding hydrogens is 330 g/mol. The number of hydrogen-bond donors (Lipinski definition) is 0. The van der Waals surface area contributed by atoms with Crippen molar-refractivity contribution in [2.24, 2.45) is 7.05 Å². The van der Waals surface area contributed by atoms with Crippen LogP contribution >= 0.6 is 11.6 Å². The van der Waals surface area contributed by atoms with Crippen LogP contribution in [0.4, 0.5) is 0 Å². The molecule has 24 heavy (non-hydrogen) atoms. The van der Waals surface area contributed by atoms with Gasteiger partial charge in [-0.2, -0.15) is 9.36 Å². The molecule has 3 rings (SSSR count). The molecule has 2 heterocycles. The normalized spacial score (nSPS) is 10.8. The highest BCUT2D eigenvalue weighted by Crippen LogP contribution is 2.25. The predicted octanol–water partition coefficient (Wildman–Crippen LogP) is 2.21. The summed E-state index contributed by atoms with van der Waals surface area (Å²) in [4.78, 5) is 16.3. The van der Waals surface area contributed by atoms with Gasteiger partial charge in [-0.1, -0.05) is 23.7 Å². The fourth-order valence-electron chi connectivity index (χ4n) is 2.31. The maximum absolute atomic E-state index is 12.1. The van der Waals surface area contributed by atoms with E-state index in [-0.39, 0.29) is 12.3 Å². The van der Waals surface area contributed by atoms with E-state index in [2.05, 4.69) is 15.4 Å². The number of nitrogens with zero attached hydrogens (tertiary/aromatic N) is 5. The summed E-state index contributed by atoms with van der Waals surface area (Å²) >= 11 is 6.15. The lowest BCUT2D eigenvalue weighted by Crippen LogP contribution is -2.23. The molecule has 0 bridgehead atoms. The summed E-state index contributed by atoms with van der Waals surface area (Å²) < 4.78 is 8.17. The fraction of sp³-hybridized carbons (Fsp3) is 0.250. The molecule has 0 aliphatic carbocycles. The molecule has 0 amide bonds. The van der Waals surface area contributed by atoms with Crippen molar-refractivity contribution in [3.8, 4) is 11.6 Å². The van der Waals surface area contributed by atoms with Gasteiger partial charge in [0.1, 0.15) is 11.6 Å². The van der Waals surface area contributed by atoms with E-state index >= 15 is 0 Å². The van der Waals surface area contributed by atoms with Crippen molar-refractivity contribution in [2.45, 2.75) is 20.5 Å². The third-order valence-corrected chi connectivity index (χ3v) is 3.90. The molecule has 3 aromatic rings. The van der Waals surface area contributed by atoms with Crippen LogP contribution in [0, 0.1) is 13.8 Å². The highest BCUT2D eigenvalue weighted by Gasteiger charge is 2.14. The first-order chi connectivity index (χ1) is 11.5. The first-order valence-corrected chi connectivity index (χ1v) is 7.68. The van der Waals surface area contributed by atoms with E-state index in [0.29, 0.717) is 16.6 Å². The second-order valence-corrected chi connectivity index (χ2v) is 5.86. The Morgan fingerprint density at radius 1 is 1.25 bits per heavy atom. The predicted molar refractivity (Wildman–Crippen MR) is 89.7 cm³/mol. The Kier molecular flexibility index (Phi) is 4.35. The van der Waals surface area contributed by atoms with E-state index in [1.54, 1.807) is 25.4 Å². The van der Waals surface area contributed by atoms with Gasteiger partial charge < -0.3 is 4.74 Å². The highest BCUT2D eigenvalue weighted by atomic mass is 35.5. The molecule has 0 saturated carbocycles. The Labute approximate surface area is 143 Å². The molecular formula is C16H16ClN5O2. The molecule has 0 radical (unpaired) electrons. The fourth-order valence-corrected chi connectivity index (χ4v) is 2.58. The van der Waals surface area contributed by atoms with Gasteiger partial charge in [-0.3, -0.25) is 0 Å². The quantitative estimate of drug-likeness (QED) is 0.724. The number of hydrogen-bond acceptors (Lipinski definition) is 5. The average Bonchev–Trinajstić information content (AvgIpc) is 2.87. The third-order valence-electron chi connectivity index (χ3n) is 3.63. The molecule has 2 aromatic heterocycles. The molecule has 8 heteroatoms. The number of aryl methyl sites for hydroxylation is 3. The summed E-state index contributed by atoms with van der Waals surface area (Å²) in [6.07, 6.45) is 1.69. The Bertz CT molecular complexity index is 948. The first-order valence-electron chi connectivity index (χ1n) is 7.30. The van der Waals surface area contributed by atoms with Crippen molar-refractivity contribution in [3.63, 3.8) is 0 Å². The minimum absolute atomic E-state index is 0.209. The molecule has 0 aliphatic rings. The van der Waals surface area contributed by atoms with Gasteiger partial charge in [-0.15, -0.1) is 0 Å². The second kappa shape index (κ2) is 6.45. The number of tetrazole rings is 1. The van der Waals surface area contributed by atoms with Gasteiger partial charge in [-0.05, 0) is 47.5 Å². The summed E-state index contributed by atoms with van der Waals surface area (Å²) in [5, 5.41) is 8.09.